The van der Waals surface area contributed by atoms with Gasteiger partial charge in [0, 0.05) is 32.1 Å². The van der Waals surface area contributed by atoms with E-state index in [2.05, 4.69) is 14.7 Å². The number of nitrogens with one attached hydrogen (secondary N) is 1. The molecule has 2 aromatic heterocycles. The average Bonchev–Trinajstić information content (AvgIpc) is 2.78. The van der Waals surface area contributed by atoms with Crippen LogP contribution in [0.4, 0.5) is 10.8 Å². The quantitative estimate of drug-likeness (QED) is 0.879. The number of hydrogen-bond acceptors (Lipinski definition) is 6. The molecular weight excluding hydrogens is 262 g/mol. The Balaban J connectivity index is 2.21. The van der Waals surface area contributed by atoms with Crippen molar-refractivity contribution < 1.29 is 4.79 Å². The first-order valence-electron chi connectivity index (χ1n) is 5.69. The van der Waals surface area contributed by atoms with Crippen LogP contribution in [-0.4, -0.2) is 40.8 Å². The Morgan fingerprint density at radius 3 is 2.95 bits per heavy atom. The van der Waals surface area contributed by atoms with E-state index in [9.17, 15) is 4.79 Å². The summed E-state index contributed by atoms with van der Waals surface area (Å²) >= 11 is 1.24. The van der Waals surface area contributed by atoms with Crippen molar-refractivity contribution in [2.75, 3.05) is 31.7 Å². The first-order chi connectivity index (χ1) is 9.09. The van der Waals surface area contributed by atoms with Crippen molar-refractivity contribution in [2.45, 2.75) is 0 Å². The Kier molecular flexibility index (Phi) is 3.96. The lowest BCUT2D eigenvalue weighted by molar-refractivity contribution is -0.126. The predicted molar refractivity (Wildman–Crippen MR) is 76.9 cm³/mol. The molecule has 0 saturated carbocycles. The number of rotatable bonds is 4. The van der Waals surface area contributed by atoms with Crippen molar-refractivity contribution in [2.24, 2.45) is 0 Å². The van der Waals surface area contributed by atoms with Gasteiger partial charge < -0.3 is 16.0 Å². The molecule has 2 rings (SSSR count). The second-order valence-electron chi connectivity index (χ2n) is 4.16. The van der Waals surface area contributed by atoms with Gasteiger partial charge in [-0.2, -0.15) is 4.37 Å². The third-order valence-corrected chi connectivity index (χ3v) is 3.39. The van der Waals surface area contributed by atoms with Crippen molar-refractivity contribution in [3.05, 3.63) is 24.5 Å². The van der Waals surface area contributed by atoms with Gasteiger partial charge in [-0.1, -0.05) is 6.07 Å². The van der Waals surface area contributed by atoms with E-state index in [1.54, 1.807) is 26.5 Å². The van der Waals surface area contributed by atoms with E-state index in [0.717, 1.165) is 16.1 Å². The second-order valence-corrected chi connectivity index (χ2v) is 4.93. The standard InChI is InChI=1S/C12H15N5OS/c1-17(2)9(18)7-15-12-10(11(13)16-19-12)8-4-3-5-14-6-8/h3-6,15H,7H2,1-2H3,(H2,13,16). The minimum atomic E-state index is -0.0101. The van der Waals surface area contributed by atoms with Gasteiger partial charge in [-0.3, -0.25) is 9.78 Å². The molecule has 0 aliphatic heterocycles. The highest BCUT2D eigenvalue weighted by Gasteiger charge is 2.14. The normalized spacial score (nSPS) is 10.2. The van der Waals surface area contributed by atoms with E-state index < -0.39 is 0 Å². The highest BCUT2D eigenvalue weighted by Crippen LogP contribution is 2.36. The van der Waals surface area contributed by atoms with Crippen molar-refractivity contribution in [3.8, 4) is 11.1 Å². The monoisotopic (exact) mass is 277 g/mol. The molecule has 0 aliphatic rings. The zero-order valence-electron chi connectivity index (χ0n) is 10.8. The Labute approximate surface area is 115 Å². The van der Waals surface area contributed by atoms with Gasteiger partial charge in [-0.25, -0.2) is 0 Å². The number of nitrogen functional groups attached to an aromatic ring is 1. The third kappa shape index (κ3) is 3.00. The molecule has 0 fully saturated rings. The zero-order chi connectivity index (χ0) is 13.8. The van der Waals surface area contributed by atoms with Gasteiger partial charge in [-0.05, 0) is 17.6 Å². The van der Waals surface area contributed by atoms with Crippen LogP contribution in [0.15, 0.2) is 24.5 Å². The van der Waals surface area contributed by atoms with Crippen LogP contribution in [0.3, 0.4) is 0 Å². The van der Waals surface area contributed by atoms with E-state index in [1.807, 2.05) is 12.1 Å². The number of anilines is 2. The average molecular weight is 277 g/mol. The van der Waals surface area contributed by atoms with E-state index in [0.29, 0.717) is 5.82 Å². The maximum absolute atomic E-state index is 11.6. The molecule has 0 aliphatic carbocycles. The molecule has 6 nitrogen and oxygen atoms in total. The molecule has 1 amide bonds. The summed E-state index contributed by atoms with van der Waals surface area (Å²) in [5, 5.41) is 3.85. The van der Waals surface area contributed by atoms with Crippen LogP contribution in [0.1, 0.15) is 0 Å². The van der Waals surface area contributed by atoms with Crippen LogP contribution in [0.25, 0.3) is 11.1 Å². The molecule has 7 heteroatoms. The molecule has 0 radical (unpaired) electrons. The first kappa shape index (κ1) is 13.3. The van der Waals surface area contributed by atoms with Crippen molar-refractivity contribution >= 4 is 28.3 Å². The van der Waals surface area contributed by atoms with Crippen molar-refractivity contribution in [1.29, 1.82) is 0 Å². The molecule has 0 atom stereocenters. The van der Waals surface area contributed by atoms with Crippen LogP contribution >= 0.6 is 11.5 Å². The number of likely N-dealkylation sites (N-methyl/N-ethyl adjacent to an activating group) is 1. The zero-order valence-corrected chi connectivity index (χ0v) is 11.6. The summed E-state index contributed by atoms with van der Waals surface area (Å²) in [5.74, 6) is 0.432. The minimum absolute atomic E-state index is 0.0101. The smallest absolute Gasteiger partial charge is 0.241 e. The second kappa shape index (κ2) is 5.66. The van der Waals surface area contributed by atoms with Crippen LogP contribution in [0, 0.1) is 0 Å². The van der Waals surface area contributed by atoms with Crippen LogP contribution < -0.4 is 11.1 Å². The van der Waals surface area contributed by atoms with Gasteiger partial charge in [0.1, 0.15) is 10.8 Å². The maximum Gasteiger partial charge on any atom is 0.241 e. The maximum atomic E-state index is 11.6. The summed E-state index contributed by atoms with van der Waals surface area (Å²) in [6, 6.07) is 3.74. The highest BCUT2D eigenvalue weighted by atomic mass is 32.1. The molecule has 0 unspecified atom stereocenters. The van der Waals surface area contributed by atoms with Crippen LogP contribution in [-0.2, 0) is 4.79 Å². The number of amides is 1. The Morgan fingerprint density at radius 1 is 1.53 bits per heavy atom. The third-order valence-electron chi connectivity index (χ3n) is 2.57. The highest BCUT2D eigenvalue weighted by molar-refractivity contribution is 7.11. The van der Waals surface area contributed by atoms with Gasteiger partial charge in [0.2, 0.25) is 5.91 Å². The van der Waals surface area contributed by atoms with Gasteiger partial charge in [0.25, 0.3) is 0 Å². The topological polar surface area (TPSA) is 84.1 Å². The Hall–Kier alpha value is -2.15. The molecule has 2 heterocycles. The van der Waals surface area contributed by atoms with Gasteiger partial charge in [0.15, 0.2) is 0 Å². The number of nitrogens with two attached hydrogens (primary N) is 1. The van der Waals surface area contributed by atoms with Crippen LogP contribution in [0.5, 0.6) is 0 Å². The lowest BCUT2D eigenvalue weighted by Crippen LogP contribution is -2.28. The summed E-state index contributed by atoms with van der Waals surface area (Å²) in [4.78, 5) is 17.2. The molecular formula is C12H15N5OS. The molecule has 2 aromatic rings. The fourth-order valence-corrected chi connectivity index (χ4v) is 2.26. The van der Waals surface area contributed by atoms with Gasteiger partial charge in [-0.15, -0.1) is 0 Å². The summed E-state index contributed by atoms with van der Waals surface area (Å²) in [7, 11) is 3.43. The number of aromatic nitrogens is 2. The minimum Gasteiger partial charge on any atom is -0.382 e. The van der Waals surface area contributed by atoms with E-state index in [1.165, 1.54) is 16.4 Å². The number of hydrogen-bond donors (Lipinski definition) is 2. The fraction of sp³-hybridized carbons (Fsp3) is 0.250. The molecule has 3 N–H and O–H groups in total. The molecule has 0 saturated heterocycles. The predicted octanol–water partition coefficient (Wildman–Crippen LogP) is 1.29. The summed E-state index contributed by atoms with van der Waals surface area (Å²) in [5.41, 5.74) is 7.55. The lowest BCUT2D eigenvalue weighted by Gasteiger charge is -2.11. The first-order valence-corrected chi connectivity index (χ1v) is 6.46. The van der Waals surface area contributed by atoms with Gasteiger partial charge in [0.05, 0.1) is 12.1 Å². The van der Waals surface area contributed by atoms with E-state index in [4.69, 9.17) is 5.73 Å². The Bertz CT molecular complexity index is 567. The summed E-state index contributed by atoms with van der Waals surface area (Å²) in [6.07, 6.45) is 3.42. The summed E-state index contributed by atoms with van der Waals surface area (Å²) < 4.78 is 4.12. The van der Waals surface area contributed by atoms with Gasteiger partial charge >= 0.3 is 0 Å². The summed E-state index contributed by atoms with van der Waals surface area (Å²) in [6.45, 7) is 0.210. The van der Waals surface area contributed by atoms with Crippen LogP contribution in [0.2, 0.25) is 0 Å². The molecule has 0 aromatic carbocycles. The molecule has 0 spiro atoms. The van der Waals surface area contributed by atoms with Crippen molar-refractivity contribution in [1.82, 2.24) is 14.3 Å². The SMILES string of the molecule is CN(C)C(=O)CNc1snc(N)c1-c1cccnc1. The fourth-order valence-electron chi connectivity index (χ4n) is 1.53. The number of carbonyl (C=O) groups is 1. The number of nitrogens with zero attached hydrogens (tertiary/aromatic N) is 3. The number of carbonyl (C=O) groups excluding carboxylic acids is 1. The molecule has 100 valence electrons. The van der Waals surface area contributed by atoms with E-state index >= 15 is 0 Å². The van der Waals surface area contributed by atoms with Crippen molar-refractivity contribution in [3.63, 3.8) is 0 Å². The van der Waals surface area contributed by atoms with E-state index in [-0.39, 0.29) is 12.5 Å². The molecule has 19 heavy (non-hydrogen) atoms. The lowest BCUT2D eigenvalue weighted by atomic mass is 10.1. The molecule has 0 bridgehead atoms. The largest absolute Gasteiger partial charge is 0.382 e. The number of pyridine rings is 1. The Morgan fingerprint density at radius 2 is 2.32 bits per heavy atom.